The van der Waals surface area contributed by atoms with Gasteiger partial charge in [-0.3, -0.25) is 0 Å². The Morgan fingerprint density at radius 3 is 1.72 bits per heavy atom. The van der Waals surface area contributed by atoms with Crippen LogP contribution in [0.25, 0.3) is 34.2 Å². The van der Waals surface area contributed by atoms with Crippen LogP contribution in [0.3, 0.4) is 0 Å². The molecule has 1 heterocycles. The Hall–Kier alpha value is -3.42. The zero-order chi connectivity index (χ0) is 25.7. The first kappa shape index (κ1) is 25.7. The van der Waals surface area contributed by atoms with Crippen molar-refractivity contribution in [1.82, 2.24) is 15.0 Å². The van der Waals surface area contributed by atoms with E-state index in [2.05, 4.69) is 26.0 Å². The molecule has 7 heteroatoms. The summed E-state index contributed by atoms with van der Waals surface area (Å²) in [4.78, 5) is 14.4. The first-order valence-corrected chi connectivity index (χ1v) is 12.9. The molecule has 0 saturated heterocycles. The average molecular weight is 502 g/mol. The summed E-state index contributed by atoms with van der Waals surface area (Å²) in [5, 5.41) is 10.9. The van der Waals surface area contributed by atoms with Crippen LogP contribution in [0.15, 0.2) is 54.6 Å². The molecule has 0 radical (unpaired) electrons. The Labute approximate surface area is 216 Å². The fourth-order valence-corrected chi connectivity index (χ4v) is 4.45. The third-order valence-electron chi connectivity index (χ3n) is 5.99. The molecule has 186 valence electrons. The molecule has 0 aliphatic rings. The van der Waals surface area contributed by atoms with Gasteiger partial charge in [-0.25, -0.2) is 15.0 Å². The van der Waals surface area contributed by atoms with E-state index in [9.17, 15) is 5.11 Å². The monoisotopic (exact) mass is 501 g/mol. The summed E-state index contributed by atoms with van der Waals surface area (Å²) in [5.74, 6) is 2.83. The number of rotatable bonds is 9. The first-order valence-electron chi connectivity index (χ1n) is 12.0. The van der Waals surface area contributed by atoms with E-state index in [4.69, 9.17) is 24.2 Å². The topological polar surface area (TPSA) is 88.4 Å². The second-order valence-electron chi connectivity index (χ2n) is 9.01. The molecule has 0 atom stereocenters. The van der Waals surface area contributed by atoms with Gasteiger partial charge in [0.25, 0.3) is 0 Å². The van der Waals surface area contributed by atoms with Crippen LogP contribution in [0, 0.1) is 27.7 Å². The number of hydrogen-bond donors (Lipinski definition) is 2. The average Bonchev–Trinajstić information content (AvgIpc) is 2.83. The number of aromatic hydroxyl groups is 1. The molecule has 0 aliphatic heterocycles. The molecule has 0 spiro atoms. The standard InChI is InChI=1S/C29H31N3O3S/c1-18-7-10-23(20(3)15-18)27-30-28(24-11-8-19(2)16-21(24)4)32-29(31-27)25-12-9-22(17-26(25)33)35-13-5-6-14-36-34/h7-12,15-17,33-34H,5-6,13-14H2,1-4H3. The fourth-order valence-electron chi connectivity index (χ4n) is 4.12. The van der Waals surface area contributed by atoms with Crippen molar-refractivity contribution in [3.8, 4) is 45.7 Å². The minimum absolute atomic E-state index is 0.0442. The normalized spacial score (nSPS) is 11.0. The van der Waals surface area contributed by atoms with Crippen LogP contribution in [-0.2, 0) is 0 Å². The molecular formula is C29H31N3O3S. The second-order valence-corrected chi connectivity index (χ2v) is 9.68. The summed E-state index contributed by atoms with van der Waals surface area (Å²) in [7, 11) is 0. The van der Waals surface area contributed by atoms with Gasteiger partial charge in [-0.1, -0.05) is 47.5 Å². The molecule has 1 aromatic heterocycles. The van der Waals surface area contributed by atoms with Crippen molar-refractivity contribution in [2.75, 3.05) is 12.4 Å². The number of aryl methyl sites for hydroxylation is 4. The van der Waals surface area contributed by atoms with E-state index in [1.165, 1.54) is 11.1 Å². The smallest absolute Gasteiger partial charge is 0.167 e. The predicted molar refractivity (Wildman–Crippen MR) is 147 cm³/mol. The van der Waals surface area contributed by atoms with Gasteiger partial charge in [0.1, 0.15) is 11.5 Å². The summed E-state index contributed by atoms with van der Waals surface area (Å²) in [6.45, 7) is 8.73. The molecule has 4 aromatic rings. The second kappa shape index (κ2) is 11.5. The quantitative estimate of drug-likeness (QED) is 0.185. The molecule has 0 saturated carbocycles. The third kappa shape index (κ3) is 6.04. The van der Waals surface area contributed by atoms with E-state index in [-0.39, 0.29) is 5.75 Å². The SMILES string of the molecule is Cc1ccc(-c2nc(-c3ccc(C)cc3C)nc(-c3ccc(OCCCCSO)cc3O)n2)c(C)c1. The summed E-state index contributed by atoms with van der Waals surface area (Å²) >= 11 is 0.837. The number of phenolic OH excluding ortho intramolecular Hbond substituents is 1. The van der Waals surface area contributed by atoms with E-state index in [0.717, 1.165) is 47.1 Å². The van der Waals surface area contributed by atoms with Crippen molar-refractivity contribution in [1.29, 1.82) is 0 Å². The molecule has 0 fully saturated rings. The number of hydrogen-bond acceptors (Lipinski definition) is 7. The fraction of sp³-hybridized carbons (Fsp3) is 0.276. The van der Waals surface area contributed by atoms with Gasteiger partial charge in [-0.05, 0) is 75.8 Å². The molecule has 0 unspecified atom stereocenters. The van der Waals surface area contributed by atoms with Crippen LogP contribution < -0.4 is 4.74 Å². The van der Waals surface area contributed by atoms with Gasteiger partial charge in [-0.15, -0.1) is 0 Å². The minimum atomic E-state index is 0.0442. The number of ether oxygens (including phenoxy) is 1. The number of phenols is 1. The van der Waals surface area contributed by atoms with Gasteiger partial charge in [0.15, 0.2) is 17.5 Å². The van der Waals surface area contributed by atoms with E-state index >= 15 is 0 Å². The van der Waals surface area contributed by atoms with Gasteiger partial charge < -0.3 is 14.4 Å². The summed E-state index contributed by atoms with van der Waals surface area (Å²) < 4.78 is 14.6. The van der Waals surface area contributed by atoms with Crippen molar-refractivity contribution in [3.63, 3.8) is 0 Å². The van der Waals surface area contributed by atoms with Crippen molar-refractivity contribution in [2.24, 2.45) is 0 Å². The molecule has 0 aliphatic carbocycles. The highest BCUT2D eigenvalue weighted by atomic mass is 32.2. The zero-order valence-electron chi connectivity index (χ0n) is 21.1. The molecule has 0 amide bonds. The van der Waals surface area contributed by atoms with Gasteiger partial charge in [0, 0.05) is 22.9 Å². The van der Waals surface area contributed by atoms with Crippen molar-refractivity contribution in [3.05, 3.63) is 76.9 Å². The molecular weight excluding hydrogens is 470 g/mol. The van der Waals surface area contributed by atoms with Crippen LogP contribution in [0.5, 0.6) is 11.5 Å². The molecule has 3 aromatic carbocycles. The highest BCUT2D eigenvalue weighted by Crippen LogP contribution is 2.34. The Balaban J connectivity index is 1.75. The summed E-state index contributed by atoms with van der Waals surface area (Å²) in [6.07, 6.45) is 1.68. The highest BCUT2D eigenvalue weighted by Gasteiger charge is 2.17. The minimum Gasteiger partial charge on any atom is -0.507 e. The Morgan fingerprint density at radius 1 is 0.694 bits per heavy atom. The first-order chi connectivity index (χ1) is 17.4. The van der Waals surface area contributed by atoms with Crippen LogP contribution in [0.2, 0.25) is 0 Å². The van der Waals surface area contributed by atoms with Crippen molar-refractivity contribution >= 4 is 12.0 Å². The van der Waals surface area contributed by atoms with Gasteiger partial charge in [0.2, 0.25) is 0 Å². The maximum atomic E-state index is 10.9. The van der Waals surface area contributed by atoms with Crippen LogP contribution in [0.4, 0.5) is 0 Å². The Bertz CT molecular complexity index is 1300. The molecule has 4 rings (SSSR count). The highest BCUT2D eigenvalue weighted by molar-refractivity contribution is 7.93. The number of benzene rings is 3. The summed E-state index contributed by atoms with van der Waals surface area (Å²) in [6, 6.07) is 17.6. The van der Waals surface area contributed by atoms with E-state index < -0.39 is 0 Å². The lowest BCUT2D eigenvalue weighted by atomic mass is 10.0. The number of unbranched alkanes of at least 4 members (excludes halogenated alkanes) is 1. The summed E-state index contributed by atoms with van der Waals surface area (Å²) in [5.41, 5.74) is 6.86. The van der Waals surface area contributed by atoms with Crippen LogP contribution in [-0.4, -0.2) is 37.0 Å². The van der Waals surface area contributed by atoms with Gasteiger partial charge >= 0.3 is 0 Å². The van der Waals surface area contributed by atoms with Crippen LogP contribution >= 0.6 is 12.0 Å². The third-order valence-corrected chi connectivity index (χ3v) is 6.46. The van der Waals surface area contributed by atoms with Gasteiger partial charge in [0.05, 0.1) is 12.2 Å². The van der Waals surface area contributed by atoms with Crippen molar-refractivity contribution < 1.29 is 14.4 Å². The molecule has 0 bridgehead atoms. The Morgan fingerprint density at radius 2 is 1.22 bits per heavy atom. The zero-order valence-corrected chi connectivity index (χ0v) is 21.9. The van der Waals surface area contributed by atoms with E-state index in [1.807, 2.05) is 44.2 Å². The van der Waals surface area contributed by atoms with E-state index in [1.54, 1.807) is 12.1 Å². The molecule has 36 heavy (non-hydrogen) atoms. The molecule has 2 N–H and O–H groups in total. The van der Waals surface area contributed by atoms with Crippen molar-refractivity contribution in [2.45, 2.75) is 40.5 Å². The predicted octanol–water partition coefficient (Wildman–Crippen LogP) is 7.18. The number of nitrogens with zero attached hydrogens (tertiary/aromatic N) is 3. The number of aromatic nitrogens is 3. The molecule has 6 nitrogen and oxygen atoms in total. The van der Waals surface area contributed by atoms with E-state index in [0.29, 0.717) is 41.1 Å². The maximum absolute atomic E-state index is 10.9. The largest absolute Gasteiger partial charge is 0.507 e. The maximum Gasteiger partial charge on any atom is 0.167 e. The lowest BCUT2D eigenvalue weighted by Gasteiger charge is -2.13. The lowest BCUT2D eigenvalue weighted by Crippen LogP contribution is -2.02. The Kier molecular flexibility index (Phi) is 8.23. The van der Waals surface area contributed by atoms with Gasteiger partial charge in [-0.2, -0.15) is 0 Å². The lowest BCUT2D eigenvalue weighted by molar-refractivity contribution is 0.308. The van der Waals surface area contributed by atoms with Crippen LogP contribution in [0.1, 0.15) is 35.1 Å².